The van der Waals surface area contributed by atoms with Crippen LogP contribution in [0.15, 0.2) is 12.1 Å². The van der Waals surface area contributed by atoms with E-state index in [-0.39, 0.29) is 24.1 Å². The van der Waals surface area contributed by atoms with Gasteiger partial charge in [-0.05, 0) is 12.1 Å². The molecule has 0 radical (unpaired) electrons. The third-order valence-electron chi connectivity index (χ3n) is 2.55. The fourth-order valence-electron chi connectivity index (χ4n) is 1.37. The van der Waals surface area contributed by atoms with Crippen LogP contribution in [0.3, 0.4) is 0 Å². The topological polar surface area (TPSA) is 74.5 Å². The second-order valence-corrected chi connectivity index (χ2v) is 4.39. The van der Waals surface area contributed by atoms with Gasteiger partial charge < -0.3 is 15.2 Å². The van der Waals surface area contributed by atoms with Gasteiger partial charge in [0.25, 0.3) is 0 Å². The monoisotopic (exact) mass is 291 g/mol. The molecule has 9 heteroatoms. The number of hydrogen-bond donors (Lipinski definition) is 2. The molecule has 0 fully saturated rings. The highest BCUT2D eigenvalue weighted by atomic mass is 19.4. The number of nitrogens with zero attached hydrogens (tertiary/aromatic N) is 3. The van der Waals surface area contributed by atoms with Gasteiger partial charge in [0.1, 0.15) is 11.6 Å². The van der Waals surface area contributed by atoms with Crippen LogP contribution in [0.1, 0.15) is 5.56 Å². The van der Waals surface area contributed by atoms with E-state index in [0.29, 0.717) is 0 Å². The lowest BCUT2D eigenvalue weighted by atomic mass is 10.2. The molecule has 6 nitrogen and oxygen atoms in total. The Morgan fingerprint density at radius 3 is 2.40 bits per heavy atom. The van der Waals surface area contributed by atoms with Gasteiger partial charge in [-0.2, -0.15) is 13.2 Å². The van der Waals surface area contributed by atoms with Crippen molar-refractivity contribution < 1.29 is 18.0 Å². The number of alkyl halides is 3. The Labute approximate surface area is 114 Å². The standard InChI is InChI=1S/C11H16F3N5O/c1-18(2)10(20)6-19(3)9-5-7(11(12,13)14)4-8(16-9)17-15/h4-5H,6,15H2,1-3H3,(H,16,17). The molecule has 0 aliphatic carbocycles. The maximum Gasteiger partial charge on any atom is 0.416 e. The second-order valence-electron chi connectivity index (χ2n) is 4.39. The molecule has 0 atom stereocenters. The molecule has 0 bridgehead atoms. The Hall–Kier alpha value is -2.03. The zero-order valence-electron chi connectivity index (χ0n) is 11.3. The van der Waals surface area contributed by atoms with Gasteiger partial charge in [-0.3, -0.25) is 4.79 Å². The molecule has 112 valence electrons. The number of amides is 1. The number of hydrazine groups is 1. The van der Waals surface area contributed by atoms with Crippen molar-refractivity contribution in [2.75, 3.05) is 38.0 Å². The number of aromatic nitrogens is 1. The van der Waals surface area contributed by atoms with Crippen molar-refractivity contribution in [1.29, 1.82) is 0 Å². The fourth-order valence-corrected chi connectivity index (χ4v) is 1.37. The maximum absolute atomic E-state index is 12.7. The van der Waals surface area contributed by atoms with Crippen LogP contribution in [0, 0.1) is 0 Å². The summed E-state index contributed by atoms with van der Waals surface area (Å²) in [6.07, 6.45) is -4.52. The second kappa shape index (κ2) is 5.95. The van der Waals surface area contributed by atoms with E-state index in [0.717, 1.165) is 12.1 Å². The fraction of sp³-hybridized carbons (Fsp3) is 0.455. The number of nitrogens with two attached hydrogens (primary N) is 1. The summed E-state index contributed by atoms with van der Waals surface area (Å²) in [5, 5.41) is 0. The number of carbonyl (C=O) groups excluding carboxylic acids is 1. The Balaban J connectivity index is 3.08. The lowest BCUT2D eigenvalue weighted by Gasteiger charge is -2.21. The molecular formula is C11H16F3N5O. The van der Waals surface area contributed by atoms with Crippen molar-refractivity contribution in [3.05, 3.63) is 17.7 Å². The van der Waals surface area contributed by atoms with E-state index in [1.807, 2.05) is 0 Å². The van der Waals surface area contributed by atoms with Crippen LogP contribution in [0.25, 0.3) is 0 Å². The van der Waals surface area contributed by atoms with Crippen molar-refractivity contribution in [3.8, 4) is 0 Å². The average molecular weight is 291 g/mol. The predicted octanol–water partition coefficient (Wildman–Crippen LogP) is 0.910. The van der Waals surface area contributed by atoms with Gasteiger partial charge in [0.15, 0.2) is 0 Å². The first-order valence-corrected chi connectivity index (χ1v) is 5.62. The van der Waals surface area contributed by atoms with E-state index in [9.17, 15) is 18.0 Å². The highest BCUT2D eigenvalue weighted by molar-refractivity contribution is 5.80. The Bertz CT molecular complexity index is 489. The minimum Gasteiger partial charge on any atom is -0.350 e. The summed E-state index contributed by atoms with van der Waals surface area (Å²) in [4.78, 5) is 18.1. The summed E-state index contributed by atoms with van der Waals surface area (Å²) in [6, 6.07) is 1.66. The molecule has 1 aromatic heterocycles. The highest BCUT2D eigenvalue weighted by Crippen LogP contribution is 2.32. The first kappa shape index (κ1) is 16.0. The number of anilines is 2. The zero-order chi connectivity index (χ0) is 15.5. The smallest absolute Gasteiger partial charge is 0.350 e. The van der Waals surface area contributed by atoms with E-state index in [2.05, 4.69) is 10.4 Å². The number of pyridine rings is 1. The number of nitrogen functional groups attached to an aromatic ring is 1. The Morgan fingerprint density at radius 1 is 1.35 bits per heavy atom. The SMILES string of the molecule is CN(C)C(=O)CN(C)c1cc(C(F)(F)F)cc(NN)n1. The summed E-state index contributed by atoms with van der Waals surface area (Å²) in [6.45, 7) is -0.0919. The van der Waals surface area contributed by atoms with Crippen LogP contribution in [0.4, 0.5) is 24.8 Å². The van der Waals surface area contributed by atoms with Crippen LogP contribution in [-0.2, 0) is 11.0 Å². The van der Waals surface area contributed by atoms with E-state index in [1.54, 1.807) is 14.1 Å². The molecule has 1 amide bonds. The van der Waals surface area contributed by atoms with E-state index >= 15 is 0 Å². The van der Waals surface area contributed by atoms with Gasteiger partial charge in [-0.25, -0.2) is 10.8 Å². The van der Waals surface area contributed by atoms with E-state index < -0.39 is 11.7 Å². The summed E-state index contributed by atoms with van der Waals surface area (Å²) >= 11 is 0. The van der Waals surface area contributed by atoms with Gasteiger partial charge in [0, 0.05) is 21.1 Å². The summed E-state index contributed by atoms with van der Waals surface area (Å²) < 4.78 is 38.2. The van der Waals surface area contributed by atoms with Crippen LogP contribution in [-0.4, -0.2) is 43.5 Å². The molecule has 3 N–H and O–H groups in total. The number of carbonyl (C=O) groups is 1. The highest BCUT2D eigenvalue weighted by Gasteiger charge is 2.32. The summed E-state index contributed by atoms with van der Waals surface area (Å²) in [5.41, 5.74) is 1.19. The normalized spacial score (nSPS) is 11.2. The maximum atomic E-state index is 12.7. The van der Waals surface area contributed by atoms with E-state index in [4.69, 9.17) is 5.84 Å². The number of halogens is 3. The minimum absolute atomic E-state index is 0.00275. The van der Waals surface area contributed by atoms with Crippen LogP contribution in [0.2, 0.25) is 0 Å². The van der Waals surface area contributed by atoms with Gasteiger partial charge in [0.05, 0.1) is 12.1 Å². The van der Waals surface area contributed by atoms with Crippen molar-refractivity contribution in [2.24, 2.45) is 5.84 Å². The summed E-state index contributed by atoms with van der Waals surface area (Å²) in [5.74, 6) is 4.73. The molecule has 0 unspecified atom stereocenters. The van der Waals surface area contributed by atoms with Gasteiger partial charge in [-0.15, -0.1) is 0 Å². The summed E-state index contributed by atoms with van der Waals surface area (Å²) in [7, 11) is 4.59. The van der Waals surface area contributed by atoms with Gasteiger partial charge in [0.2, 0.25) is 5.91 Å². The lowest BCUT2D eigenvalue weighted by molar-refractivity contribution is -0.137. The molecule has 20 heavy (non-hydrogen) atoms. The lowest BCUT2D eigenvalue weighted by Crippen LogP contribution is -2.35. The third kappa shape index (κ3) is 3.98. The van der Waals surface area contributed by atoms with E-state index in [1.165, 1.54) is 16.8 Å². The number of rotatable bonds is 4. The molecule has 1 aromatic rings. The largest absolute Gasteiger partial charge is 0.416 e. The van der Waals surface area contributed by atoms with Crippen LogP contribution < -0.4 is 16.2 Å². The first-order valence-electron chi connectivity index (χ1n) is 5.62. The molecule has 0 aliphatic heterocycles. The quantitative estimate of drug-likeness (QED) is 0.637. The van der Waals surface area contributed by atoms with Crippen molar-refractivity contribution in [3.63, 3.8) is 0 Å². The third-order valence-corrected chi connectivity index (χ3v) is 2.55. The molecule has 0 aliphatic rings. The minimum atomic E-state index is -4.52. The molecule has 0 spiro atoms. The Kier molecular flexibility index (Phi) is 4.77. The molecular weight excluding hydrogens is 275 g/mol. The Morgan fingerprint density at radius 2 is 1.95 bits per heavy atom. The van der Waals surface area contributed by atoms with Gasteiger partial charge in [-0.1, -0.05) is 0 Å². The average Bonchev–Trinajstić information content (AvgIpc) is 2.36. The number of likely N-dealkylation sites (N-methyl/N-ethyl adjacent to an activating group) is 2. The van der Waals surface area contributed by atoms with Gasteiger partial charge >= 0.3 is 6.18 Å². The molecule has 0 saturated heterocycles. The molecule has 1 heterocycles. The molecule has 1 rings (SSSR count). The van der Waals surface area contributed by atoms with Crippen molar-refractivity contribution in [2.45, 2.75) is 6.18 Å². The van der Waals surface area contributed by atoms with Crippen molar-refractivity contribution in [1.82, 2.24) is 9.88 Å². The zero-order valence-corrected chi connectivity index (χ0v) is 11.3. The molecule has 0 saturated carbocycles. The molecule has 0 aromatic carbocycles. The number of nitrogens with one attached hydrogen (secondary N) is 1. The first-order chi connectivity index (χ1) is 9.15. The van der Waals surface area contributed by atoms with Crippen molar-refractivity contribution >= 4 is 17.5 Å². The predicted molar refractivity (Wildman–Crippen MR) is 69.0 cm³/mol. The number of hydrogen-bond acceptors (Lipinski definition) is 5. The van der Waals surface area contributed by atoms with Crippen LogP contribution >= 0.6 is 0 Å². The van der Waals surface area contributed by atoms with Crippen LogP contribution in [0.5, 0.6) is 0 Å².